The average Bonchev–Trinajstić information content (AvgIpc) is 2.14. The molecule has 0 aromatic rings. The van der Waals surface area contributed by atoms with E-state index in [0.717, 1.165) is 13.0 Å². The fourth-order valence-electron chi connectivity index (χ4n) is 2.08. The van der Waals surface area contributed by atoms with Crippen LogP contribution in [-0.2, 0) is 9.59 Å². The Morgan fingerprint density at radius 3 is 2.80 bits per heavy atom. The molecular weight excluding hydrogens is 194 g/mol. The molecule has 0 bridgehead atoms. The summed E-state index contributed by atoms with van der Waals surface area (Å²) in [5.41, 5.74) is 0. The first-order valence-corrected chi connectivity index (χ1v) is 5.55. The van der Waals surface area contributed by atoms with Gasteiger partial charge in [-0.05, 0) is 19.4 Å². The summed E-state index contributed by atoms with van der Waals surface area (Å²) >= 11 is 0. The summed E-state index contributed by atoms with van der Waals surface area (Å²) in [5, 5.41) is 5.87. The lowest BCUT2D eigenvalue weighted by Crippen LogP contribution is -2.63. The van der Waals surface area contributed by atoms with Crippen molar-refractivity contribution in [2.45, 2.75) is 31.8 Å². The number of nitrogens with zero attached hydrogens (tertiary/aromatic N) is 1. The van der Waals surface area contributed by atoms with Crippen LogP contribution in [0.4, 0.5) is 0 Å². The largest absolute Gasteiger partial charge is 0.353 e. The molecule has 5 heteroatoms. The van der Waals surface area contributed by atoms with E-state index < -0.39 is 0 Å². The molecule has 2 aliphatic heterocycles. The molecule has 2 saturated heterocycles. The Kier molecular flexibility index (Phi) is 2.90. The maximum atomic E-state index is 12.0. The standard InChI is InChI=1S/C10H17N3O2/c1-2-8-9(14)12-5-6-13(8)10(15)7-3-4-11-7/h7-8,11H,2-6H2,1H3,(H,12,14)/t7-,8?/m1/s1. The molecule has 5 nitrogen and oxygen atoms in total. The van der Waals surface area contributed by atoms with Crippen molar-refractivity contribution in [1.29, 1.82) is 0 Å². The van der Waals surface area contributed by atoms with Crippen LogP contribution in [0.3, 0.4) is 0 Å². The molecule has 2 amide bonds. The molecule has 0 radical (unpaired) electrons. The Bertz CT molecular complexity index is 276. The molecule has 0 spiro atoms. The summed E-state index contributed by atoms with van der Waals surface area (Å²) in [5.74, 6) is 0.0689. The predicted molar refractivity (Wildman–Crippen MR) is 55.2 cm³/mol. The first kappa shape index (κ1) is 10.4. The molecule has 0 saturated carbocycles. The second kappa shape index (κ2) is 4.18. The van der Waals surface area contributed by atoms with Gasteiger partial charge in [-0.25, -0.2) is 0 Å². The lowest BCUT2D eigenvalue weighted by molar-refractivity contribution is -0.146. The number of carbonyl (C=O) groups excluding carboxylic acids is 2. The number of amides is 2. The maximum absolute atomic E-state index is 12.0. The first-order valence-electron chi connectivity index (χ1n) is 5.55. The molecule has 2 aliphatic rings. The number of carbonyl (C=O) groups is 2. The summed E-state index contributed by atoms with van der Waals surface area (Å²) in [6.45, 7) is 4.06. The van der Waals surface area contributed by atoms with Crippen LogP contribution in [0.15, 0.2) is 0 Å². The van der Waals surface area contributed by atoms with E-state index in [-0.39, 0.29) is 23.9 Å². The zero-order valence-corrected chi connectivity index (χ0v) is 8.95. The number of hydrogen-bond acceptors (Lipinski definition) is 3. The summed E-state index contributed by atoms with van der Waals surface area (Å²) in [7, 11) is 0. The Labute approximate surface area is 89.2 Å². The average molecular weight is 211 g/mol. The van der Waals surface area contributed by atoms with Gasteiger partial charge in [-0.1, -0.05) is 6.92 Å². The normalized spacial score (nSPS) is 30.7. The van der Waals surface area contributed by atoms with Gasteiger partial charge in [-0.3, -0.25) is 9.59 Å². The van der Waals surface area contributed by atoms with Crippen LogP contribution < -0.4 is 10.6 Å². The van der Waals surface area contributed by atoms with Gasteiger partial charge in [0.25, 0.3) is 0 Å². The van der Waals surface area contributed by atoms with E-state index in [0.29, 0.717) is 19.5 Å². The van der Waals surface area contributed by atoms with E-state index in [1.165, 1.54) is 0 Å². The molecular formula is C10H17N3O2. The van der Waals surface area contributed by atoms with Gasteiger partial charge in [-0.15, -0.1) is 0 Å². The lowest BCUT2D eigenvalue weighted by Gasteiger charge is -2.39. The van der Waals surface area contributed by atoms with Crippen molar-refractivity contribution in [3.63, 3.8) is 0 Å². The van der Waals surface area contributed by atoms with Crippen LogP contribution in [0.25, 0.3) is 0 Å². The highest BCUT2D eigenvalue weighted by atomic mass is 16.2. The molecule has 0 aromatic carbocycles. The first-order chi connectivity index (χ1) is 7.24. The molecule has 0 aliphatic carbocycles. The molecule has 2 fully saturated rings. The third kappa shape index (κ3) is 1.84. The Hall–Kier alpha value is -1.10. The maximum Gasteiger partial charge on any atom is 0.242 e. The van der Waals surface area contributed by atoms with E-state index >= 15 is 0 Å². The Balaban J connectivity index is 2.04. The molecule has 2 N–H and O–H groups in total. The van der Waals surface area contributed by atoms with Crippen molar-refractivity contribution < 1.29 is 9.59 Å². The number of hydrogen-bond donors (Lipinski definition) is 2. The quantitative estimate of drug-likeness (QED) is 0.621. The van der Waals surface area contributed by atoms with Crippen LogP contribution in [0.2, 0.25) is 0 Å². The van der Waals surface area contributed by atoms with E-state index in [1.54, 1.807) is 4.90 Å². The summed E-state index contributed by atoms with van der Waals surface area (Å²) in [6, 6.07) is -0.321. The van der Waals surface area contributed by atoms with Gasteiger partial charge in [0.1, 0.15) is 6.04 Å². The van der Waals surface area contributed by atoms with Gasteiger partial charge >= 0.3 is 0 Å². The molecule has 84 valence electrons. The van der Waals surface area contributed by atoms with Crippen molar-refractivity contribution in [3.8, 4) is 0 Å². The molecule has 15 heavy (non-hydrogen) atoms. The Morgan fingerprint density at radius 2 is 2.27 bits per heavy atom. The lowest BCUT2D eigenvalue weighted by atomic mass is 10.0. The van der Waals surface area contributed by atoms with Gasteiger partial charge in [-0.2, -0.15) is 0 Å². The van der Waals surface area contributed by atoms with Crippen LogP contribution in [0.1, 0.15) is 19.8 Å². The summed E-state index contributed by atoms with van der Waals surface area (Å²) in [6.07, 6.45) is 1.58. The zero-order chi connectivity index (χ0) is 10.8. The highest BCUT2D eigenvalue weighted by molar-refractivity contribution is 5.91. The second-order valence-corrected chi connectivity index (χ2v) is 4.04. The third-order valence-electron chi connectivity index (χ3n) is 3.12. The smallest absolute Gasteiger partial charge is 0.242 e. The second-order valence-electron chi connectivity index (χ2n) is 4.04. The monoisotopic (exact) mass is 211 g/mol. The van der Waals surface area contributed by atoms with Crippen LogP contribution >= 0.6 is 0 Å². The zero-order valence-electron chi connectivity index (χ0n) is 8.95. The number of piperazine rings is 1. The molecule has 2 heterocycles. The number of nitrogens with one attached hydrogen (secondary N) is 2. The summed E-state index contributed by atoms with van der Waals surface area (Å²) in [4.78, 5) is 25.2. The van der Waals surface area contributed by atoms with Crippen molar-refractivity contribution in [1.82, 2.24) is 15.5 Å². The van der Waals surface area contributed by atoms with Gasteiger partial charge in [0.15, 0.2) is 0 Å². The van der Waals surface area contributed by atoms with Gasteiger partial charge < -0.3 is 15.5 Å². The topological polar surface area (TPSA) is 61.4 Å². The van der Waals surface area contributed by atoms with E-state index in [2.05, 4.69) is 10.6 Å². The predicted octanol–water partition coefficient (Wildman–Crippen LogP) is -0.915. The molecule has 2 rings (SSSR count). The van der Waals surface area contributed by atoms with Crippen LogP contribution in [0, 0.1) is 0 Å². The highest BCUT2D eigenvalue weighted by Gasteiger charge is 2.36. The Morgan fingerprint density at radius 1 is 1.53 bits per heavy atom. The highest BCUT2D eigenvalue weighted by Crippen LogP contribution is 2.14. The molecule has 2 atom stereocenters. The minimum atomic E-state index is -0.270. The minimum Gasteiger partial charge on any atom is -0.353 e. The number of rotatable bonds is 2. The minimum absolute atomic E-state index is 0.0172. The van der Waals surface area contributed by atoms with Gasteiger partial charge in [0.2, 0.25) is 11.8 Å². The fraction of sp³-hybridized carbons (Fsp3) is 0.800. The fourth-order valence-corrected chi connectivity index (χ4v) is 2.08. The van der Waals surface area contributed by atoms with Crippen molar-refractivity contribution in [2.24, 2.45) is 0 Å². The van der Waals surface area contributed by atoms with E-state index in [9.17, 15) is 9.59 Å². The summed E-state index contributed by atoms with van der Waals surface area (Å²) < 4.78 is 0. The van der Waals surface area contributed by atoms with E-state index in [1.807, 2.05) is 6.92 Å². The molecule has 1 unspecified atom stereocenters. The van der Waals surface area contributed by atoms with Gasteiger partial charge in [0, 0.05) is 13.1 Å². The third-order valence-corrected chi connectivity index (χ3v) is 3.12. The van der Waals surface area contributed by atoms with E-state index in [4.69, 9.17) is 0 Å². The van der Waals surface area contributed by atoms with Crippen LogP contribution in [-0.4, -0.2) is 48.4 Å². The SMILES string of the molecule is CCC1C(=O)NCCN1C(=O)[C@H]1CCN1. The van der Waals surface area contributed by atoms with Crippen molar-refractivity contribution in [2.75, 3.05) is 19.6 Å². The molecule has 0 aromatic heterocycles. The van der Waals surface area contributed by atoms with Crippen LogP contribution in [0.5, 0.6) is 0 Å². The van der Waals surface area contributed by atoms with Crippen molar-refractivity contribution in [3.05, 3.63) is 0 Å². The van der Waals surface area contributed by atoms with Gasteiger partial charge in [0.05, 0.1) is 6.04 Å². The van der Waals surface area contributed by atoms with Crippen molar-refractivity contribution >= 4 is 11.8 Å².